The van der Waals surface area contributed by atoms with Crippen molar-refractivity contribution in [3.63, 3.8) is 0 Å². The molecule has 1 atom stereocenters. The van der Waals surface area contributed by atoms with E-state index in [1.165, 1.54) is 50.5 Å². The van der Waals surface area contributed by atoms with Gasteiger partial charge in [0, 0.05) is 12.0 Å². The molecule has 1 aromatic carbocycles. The molecular weight excluding hydrogens is 352 g/mol. The molecule has 0 saturated heterocycles. The summed E-state index contributed by atoms with van der Waals surface area (Å²) in [5, 5.41) is 0. The molecule has 0 saturated carbocycles. The number of Topliss-reactive ketones (excluding diaryl/α,β-unsaturated/α-hetero) is 1. The van der Waals surface area contributed by atoms with Gasteiger partial charge in [-0.15, -0.1) is 0 Å². The molecule has 1 nitrogen and oxygen atoms in total. The molecule has 0 radical (unpaired) electrons. The van der Waals surface area contributed by atoms with Gasteiger partial charge in [-0.25, -0.2) is 0 Å². The maximum absolute atomic E-state index is 12.0. The van der Waals surface area contributed by atoms with E-state index in [4.69, 9.17) is 0 Å². The number of benzene rings is 1. The average Bonchev–Trinajstić information content (AvgIpc) is 3.16. The number of hydrogen-bond acceptors (Lipinski definition) is 1. The van der Waals surface area contributed by atoms with Crippen LogP contribution in [0, 0.1) is 11.8 Å². The van der Waals surface area contributed by atoms with Crippen LogP contribution in [0.15, 0.2) is 47.6 Å². The SMILES string of the molecule is CC(C)C1CC2=C(CCC=C2)C1.CCCCCCC(=O)c1cccc(C(C)C)c1. The third-order valence-electron chi connectivity index (χ3n) is 6.45. The van der Waals surface area contributed by atoms with Crippen LogP contribution in [-0.4, -0.2) is 5.78 Å². The molecular formula is C28H42O. The Morgan fingerprint density at radius 2 is 1.86 bits per heavy atom. The van der Waals surface area contributed by atoms with E-state index in [9.17, 15) is 4.79 Å². The fraction of sp³-hybridized carbons (Fsp3) is 0.607. The standard InChI is InChI=1S/C16H24O.C12H18/c1-4-5-6-7-11-16(17)15-10-8-9-14(12-15)13(2)3;1-9(2)12-7-10-5-3-4-6-11(10)8-12/h8-10,12-13H,4-7,11H2,1-3H3;3,5,9,12H,4,6-8H2,1-2H3. The smallest absolute Gasteiger partial charge is 0.162 e. The van der Waals surface area contributed by atoms with Crippen molar-refractivity contribution < 1.29 is 4.79 Å². The topological polar surface area (TPSA) is 17.1 Å². The number of allylic oxidation sites excluding steroid dienone is 4. The molecule has 1 aromatic rings. The van der Waals surface area contributed by atoms with Crippen molar-refractivity contribution in [2.24, 2.45) is 11.8 Å². The van der Waals surface area contributed by atoms with Crippen LogP contribution in [-0.2, 0) is 0 Å². The van der Waals surface area contributed by atoms with Gasteiger partial charge in [-0.05, 0) is 67.1 Å². The van der Waals surface area contributed by atoms with Gasteiger partial charge in [0.2, 0.25) is 0 Å². The normalized spacial score (nSPS) is 18.1. The fourth-order valence-corrected chi connectivity index (χ4v) is 4.28. The van der Waals surface area contributed by atoms with E-state index in [1.54, 1.807) is 11.1 Å². The van der Waals surface area contributed by atoms with Gasteiger partial charge in [-0.3, -0.25) is 4.79 Å². The lowest BCUT2D eigenvalue weighted by atomic mass is 9.92. The van der Waals surface area contributed by atoms with E-state index in [2.05, 4.69) is 52.8 Å². The zero-order valence-electron chi connectivity index (χ0n) is 19.5. The highest BCUT2D eigenvalue weighted by molar-refractivity contribution is 5.96. The number of carbonyl (C=O) groups is 1. The lowest BCUT2D eigenvalue weighted by molar-refractivity contribution is 0.0979. The molecule has 1 unspecified atom stereocenters. The van der Waals surface area contributed by atoms with Crippen molar-refractivity contribution in [3.05, 3.63) is 58.7 Å². The molecule has 0 heterocycles. The molecule has 2 aliphatic carbocycles. The monoisotopic (exact) mass is 394 g/mol. The summed E-state index contributed by atoms with van der Waals surface area (Å²) in [4.78, 5) is 12.0. The summed E-state index contributed by atoms with van der Waals surface area (Å²) < 4.78 is 0. The minimum atomic E-state index is 0.295. The Bertz CT molecular complexity index is 705. The summed E-state index contributed by atoms with van der Waals surface area (Å²) in [6, 6.07) is 8.08. The quantitative estimate of drug-likeness (QED) is 0.318. The van der Waals surface area contributed by atoms with Crippen molar-refractivity contribution >= 4 is 5.78 Å². The largest absolute Gasteiger partial charge is 0.294 e. The van der Waals surface area contributed by atoms with Crippen molar-refractivity contribution in [2.45, 2.75) is 98.3 Å². The van der Waals surface area contributed by atoms with Crippen molar-refractivity contribution in [2.75, 3.05) is 0 Å². The Hall–Kier alpha value is -1.63. The Morgan fingerprint density at radius 1 is 1.07 bits per heavy atom. The van der Waals surface area contributed by atoms with Gasteiger partial charge in [-0.1, -0.05) is 89.8 Å². The number of carbonyl (C=O) groups excluding carboxylic acids is 1. The van der Waals surface area contributed by atoms with Crippen molar-refractivity contribution in [1.29, 1.82) is 0 Å². The van der Waals surface area contributed by atoms with E-state index < -0.39 is 0 Å². The number of unbranched alkanes of at least 4 members (excludes halogenated alkanes) is 3. The third kappa shape index (κ3) is 7.61. The van der Waals surface area contributed by atoms with Crippen LogP contribution in [0.2, 0.25) is 0 Å². The first-order valence-corrected chi connectivity index (χ1v) is 11.9. The van der Waals surface area contributed by atoms with E-state index in [1.807, 2.05) is 18.2 Å². The first-order chi connectivity index (χ1) is 13.9. The molecule has 0 N–H and O–H groups in total. The summed E-state index contributed by atoms with van der Waals surface area (Å²) >= 11 is 0. The summed E-state index contributed by atoms with van der Waals surface area (Å²) in [6.07, 6.45) is 15.4. The van der Waals surface area contributed by atoms with Crippen LogP contribution in [0.4, 0.5) is 0 Å². The van der Waals surface area contributed by atoms with Gasteiger partial charge >= 0.3 is 0 Å². The van der Waals surface area contributed by atoms with Crippen molar-refractivity contribution in [1.82, 2.24) is 0 Å². The van der Waals surface area contributed by atoms with E-state index >= 15 is 0 Å². The van der Waals surface area contributed by atoms with Gasteiger partial charge in [0.15, 0.2) is 5.78 Å². The second-order valence-corrected chi connectivity index (χ2v) is 9.50. The zero-order valence-corrected chi connectivity index (χ0v) is 19.5. The highest BCUT2D eigenvalue weighted by Gasteiger charge is 2.25. The predicted octanol–water partition coefficient (Wildman–Crippen LogP) is 8.66. The molecule has 2 aliphatic rings. The number of rotatable bonds is 8. The van der Waals surface area contributed by atoms with Crippen LogP contribution in [0.3, 0.4) is 0 Å². The minimum absolute atomic E-state index is 0.295. The number of hydrogen-bond donors (Lipinski definition) is 0. The molecule has 0 amide bonds. The first kappa shape index (κ1) is 23.6. The minimum Gasteiger partial charge on any atom is -0.294 e. The molecule has 0 aliphatic heterocycles. The van der Waals surface area contributed by atoms with Gasteiger partial charge in [0.05, 0.1) is 0 Å². The summed E-state index contributed by atoms with van der Waals surface area (Å²) in [5.74, 6) is 2.59. The maximum atomic E-state index is 12.0. The molecule has 29 heavy (non-hydrogen) atoms. The number of ketones is 1. The highest BCUT2D eigenvalue weighted by atomic mass is 16.1. The maximum Gasteiger partial charge on any atom is 0.162 e. The Balaban J connectivity index is 0.000000218. The third-order valence-corrected chi connectivity index (χ3v) is 6.45. The summed E-state index contributed by atoms with van der Waals surface area (Å²) in [6.45, 7) is 11.2. The molecule has 3 rings (SSSR count). The Kier molecular flexibility index (Phi) is 9.91. The van der Waals surface area contributed by atoms with Crippen molar-refractivity contribution in [3.8, 4) is 0 Å². The van der Waals surface area contributed by atoms with Gasteiger partial charge < -0.3 is 0 Å². The van der Waals surface area contributed by atoms with E-state index in [-0.39, 0.29) is 0 Å². The summed E-state index contributed by atoms with van der Waals surface area (Å²) in [5.41, 5.74) is 5.56. The fourth-order valence-electron chi connectivity index (χ4n) is 4.28. The Labute approximate surface area is 179 Å². The van der Waals surface area contributed by atoms with Gasteiger partial charge in [0.1, 0.15) is 0 Å². The molecule has 160 valence electrons. The molecule has 1 heteroatoms. The predicted molar refractivity (Wildman–Crippen MR) is 127 cm³/mol. The zero-order chi connectivity index (χ0) is 21.2. The molecule has 0 spiro atoms. The Morgan fingerprint density at radius 3 is 2.52 bits per heavy atom. The lowest BCUT2D eigenvalue weighted by Crippen LogP contribution is -2.03. The van der Waals surface area contributed by atoms with Crippen LogP contribution in [0.5, 0.6) is 0 Å². The van der Waals surface area contributed by atoms with Crippen LogP contribution >= 0.6 is 0 Å². The van der Waals surface area contributed by atoms with Crippen LogP contribution in [0.25, 0.3) is 0 Å². The molecule has 0 aromatic heterocycles. The molecule has 0 bridgehead atoms. The van der Waals surface area contributed by atoms with Gasteiger partial charge in [-0.2, -0.15) is 0 Å². The molecule has 0 fully saturated rings. The summed E-state index contributed by atoms with van der Waals surface area (Å²) in [7, 11) is 0. The second-order valence-electron chi connectivity index (χ2n) is 9.50. The lowest BCUT2D eigenvalue weighted by Gasteiger charge is -2.13. The van der Waals surface area contributed by atoms with E-state index in [0.717, 1.165) is 23.8 Å². The first-order valence-electron chi connectivity index (χ1n) is 11.9. The van der Waals surface area contributed by atoms with Gasteiger partial charge in [0.25, 0.3) is 0 Å². The van der Waals surface area contributed by atoms with E-state index in [0.29, 0.717) is 18.1 Å². The highest BCUT2D eigenvalue weighted by Crippen LogP contribution is 2.40. The van der Waals surface area contributed by atoms with Crippen LogP contribution < -0.4 is 0 Å². The second kappa shape index (κ2) is 12.2. The van der Waals surface area contributed by atoms with Crippen LogP contribution in [0.1, 0.15) is 114 Å². The average molecular weight is 395 g/mol.